The van der Waals surface area contributed by atoms with Crippen LogP contribution in [0.5, 0.6) is 0 Å². The molecule has 0 atom stereocenters. The van der Waals surface area contributed by atoms with Gasteiger partial charge in [-0.2, -0.15) is 5.10 Å². The Bertz CT molecular complexity index is 1440. The van der Waals surface area contributed by atoms with Crippen LogP contribution in [0.1, 0.15) is 11.3 Å². The van der Waals surface area contributed by atoms with E-state index >= 15 is 0 Å². The predicted octanol–water partition coefficient (Wildman–Crippen LogP) is 5.03. The molecule has 0 aliphatic carbocycles. The number of aryl methyl sites for hydroxylation is 1. The van der Waals surface area contributed by atoms with E-state index in [1.807, 2.05) is 43.5 Å². The maximum atomic E-state index is 14.1. The molecular formula is C22H15ClFN7. The average molecular weight is 432 g/mol. The highest BCUT2D eigenvalue weighted by Crippen LogP contribution is 2.32. The van der Waals surface area contributed by atoms with Gasteiger partial charge in [-0.05, 0) is 49.4 Å². The van der Waals surface area contributed by atoms with Crippen LogP contribution in [0.25, 0.3) is 28.3 Å². The molecule has 5 aromatic rings. The number of H-pyrrole nitrogens is 1. The Labute approximate surface area is 181 Å². The Morgan fingerprint density at radius 3 is 2.87 bits per heavy atom. The summed E-state index contributed by atoms with van der Waals surface area (Å²) in [7, 11) is 0. The number of pyridine rings is 2. The van der Waals surface area contributed by atoms with Crippen molar-refractivity contribution in [2.24, 2.45) is 4.99 Å². The van der Waals surface area contributed by atoms with Crippen molar-refractivity contribution in [1.82, 2.24) is 29.5 Å². The topological polar surface area (TPSA) is 84.1 Å². The predicted molar refractivity (Wildman–Crippen MR) is 117 cm³/mol. The zero-order valence-corrected chi connectivity index (χ0v) is 17.0. The molecule has 1 aromatic carbocycles. The molecule has 0 radical (unpaired) electrons. The summed E-state index contributed by atoms with van der Waals surface area (Å²) < 4.78 is 15.8. The molecule has 4 heterocycles. The third-order valence-electron chi connectivity index (χ3n) is 4.68. The lowest BCUT2D eigenvalue weighted by molar-refractivity contribution is 0.626. The monoisotopic (exact) mass is 431 g/mol. The van der Waals surface area contributed by atoms with Crippen LogP contribution in [0.2, 0.25) is 5.02 Å². The molecule has 7 nitrogen and oxygen atoms in total. The van der Waals surface area contributed by atoms with Gasteiger partial charge in [0.1, 0.15) is 17.8 Å². The number of aliphatic imine (C=N–C) groups is 1. The van der Waals surface area contributed by atoms with E-state index in [4.69, 9.17) is 11.6 Å². The first-order valence-corrected chi connectivity index (χ1v) is 9.77. The molecule has 0 fully saturated rings. The summed E-state index contributed by atoms with van der Waals surface area (Å²) in [5, 5.41) is 4.45. The zero-order valence-electron chi connectivity index (χ0n) is 16.3. The van der Waals surface area contributed by atoms with Gasteiger partial charge in [0.2, 0.25) is 5.95 Å². The van der Waals surface area contributed by atoms with Gasteiger partial charge >= 0.3 is 0 Å². The van der Waals surface area contributed by atoms with Crippen molar-refractivity contribution in [3.63, 3.8) is 0 Å². The number of halogens is 2. The Morgan fingerprint density at radius 1 is 1.13 bits per heavy atom. The molecular weight excluding hydrogens is 417 g/mol. The highest BCUT2D eigenvalue weighted by atomic mass is 35.5. The summed E-state index contributed by atoms with van der Waals surface area (Å²) in [6.07, 6.45) is 4.71. The normalized spacial score (nSPS) is 11.6. The van der Waals surface area contributed by atoms with Crippen LogP contribution in [0.4, 0.5) is 10.3 Å². The van der Waals surface area contributed by atoms with E-state index in [-0.39, 0.29) is 0 Å². The van der Waals surface area contributed by atoms with Crippen molar-refractivity contribution in [1.29, 1.82) is 0 Å². The molecule has 9 heteroatoms. The van der Waals surface area contributed by atoms with Crippen molar-refractivity contribution in [2.75, 3.05) is 0 Å². The minimum absolute atomic E-state index is 0.308. The lowest BCUT2D eigenvalue weighted by Crippen LogP contribution is -1.91. The maximum absolute atomic E-state index is 14.1. The molecule has 0 aliphatic rings. The highest BCUT2D eigenvalue weighted by molar-refractivity contribution is 6.30. The highest BCUT2D eigenvalue weighted by Gasteiger charge is 2.16. The van der Waals surface area contributed by atoms with Gasteiger partial charge in [0.05, 0.1) is 11.4 Å². The van der Waals surface area contributed by atoms with E-state index < -0.39 is 5.82 Å². The Hall–Kier alpha value is -3.91. The number of nitrogens with one attached hydrogen (secondary N) is 1. The van der Waals surface area contributed by atoms with E-state index in [1.165, 1.54) is 18.6 Å². The first-order valence-electron chi connectivity index (χ1n) is 9.40. The van der Waals surface area contributed by atoms with Gasteiger partial charge in [-0.3, -0.25) is 4.98 Å². The SMILES string of the molecule is Cc1cccc(-c2[nH]c(N=Cc3ccc(Cl)cc3F)nc2-c2ccn3ncnc3c2)n1. The summed E-state index contributed by atoms with van der Waals surface area (Å²) in [6, 6.07) is 13.9. The number of hydrogen-bond donors (Lipinski definition) is 1. The van der Waals surface area contributed by atoms with E-state index in [2.05, 4.69) is 30.0 Å². The lowest BCUT2D eigenvalue weighted by atomic mass is 10.1. The third kappa shape index (κ3) is 3.80. The smallest absolute Gasteiger partial charge is 0.227 e. The van der Waals surface area contributed by atoms with Crippen LogP contribution < -0.4 is 0 Å². The first-order chi connectivity index (χ1) is 15.1. The van der Waals surface area contributed by atoms with Gasteiger partial charge in [0, 0.05) is 34.3 Å². The Balaban J connectivity index is 1.61. The molecule has 0 saturated heterocycles. The molecule has 0 unspecified atom stereocenters. The average Bonchev–Trinajstić information content (AvgIpc) is 3.39. The molecule has 4 aromatic heterocycles. The third-order valence-corrected chi connectivity index (χ3v) is 4.91. The van der Waals surface area contributed by atoms with Gasteiger partial charge in [0.15, 0.2) is 5.65 Å². The number of aromatic amines is 1. The molecule has 152 valence electrons. The minimum atomic E-state index is -0.458. The molecule has 0 amide bonds. The largest absolute Gasteiger partial charge is 0.320 e. The van der Waals surface area contributed by atoms with Gasteiger partial charge < -0.3 is 4.98 Å². The molecule has 1 N–H and O–H groups in total. The molecule has 31 heavy (non-hydrogen) atoms. The number of rotatable bonds is 4. The van der Waals surface area contributed by atoms with Crippen LogP contribution in [0.3, 0.4) is 0 Å². The fourth-order valence-corrected chi connectivity index (χ4v) is 3.36. The quantitative estimate of drug-likeness (QED) is 0.404. The number of aromatic nitrogens is 6. The number of imidazole rings is 1. The van der Waals surface area contributed by atoms with Crippen molar-refractivity contribution in [2.45, 2.75) is 6.92 Å². The van der Waals surface area contributed by atoms with E-state index in [0.29, 0.717) is 33.6 Å². The summed E-state index contributed by atoms with van der Waals surface area (Å²) >= 11 is 5.82. The second kappa shape index (κ2) is 7.73. The van der Waals surface area contributed by atoms with E-state index in [9.17, 15) is 4.39 Å². The number of fused-ring (bicyclic) bond motifs is 1. The molecule has 0 aliphatic heterocycles. The fraction of sp³-hybridized carbons (Fsp3) is 0.0455. The molecule has 0 spiro atoms. The maximum Gasteiger partial charge on any atom is 0.227 e. The standard InChI is InChI=1S/C22H15ClFN7/c1-13-3-2-4-18(28-13)21-20(14-7-8-31-19(9-14)26-12-27-31)29-22(30-21)25-11-15-5-6-16(23)10-17(15)24/h2-12H,1H3,(H,29,30). The number of nitrogens with zero attached hydrogens (tertiary/aromatic N) is 6. The van der Waals surface area contributed by atoms with Crippen LogP contribution >= 0.6 is 11.6 Å². The zero-order chi connectivity index (χ0) is 21.4. The van der Waals surface area contributed by atoms with Crippen molar-refractivity contribution in [3.05, 3.63) is 83.2 Å². The number of benzene rings is 1. The van der Waals surface area contributed by atoms with Gasteiger partial charge in [0.25, 0.3) is 0 Å². The van der Waals surface area contributed by atoms with E-state index in [0.717, 1.165) is 17.0 Å². The lowest BCUT2D eigenvalue weighted by Gasteiger charge is -2.03. The molecule has 0 bridgehead atoms. The summed E-state index contributed by atoms with van der Waals surface area (Å²) in [6.45, 7) is 1.92. The van der Waals surface area contributed by atoms with Gasteiger partial charge in [-0.25, -0.2) is 23.9 Å². The second-order valence-electron chi connectivity index (χ2n) is 6.85. The van der Waals surface area contributed by atoms with Gasteiger partial charge in [-0.1, -0.05) is 17.7 Å². The first kappa shape index (κ1) is 19.1. The summed E-state index contributed by atoms with van der Waals surface area (Å²) in [5.41, 5.74) is 4.79. The van der Waals surface area contributed by atoms with Crippen molar-refractivity contribution >= 4 is 29.4 Å². The fourth-order valence-electron chi connectivity index (χ4n) is 3.20. The van der Waals surface area contributed by atoms with Crippen LogP contribution in [-0.2, 0) is 0 Å². The Kier molecular flexibility index (Phi) is 4.76. The summed E-state index contributed by atoms with van der Waals surface area (Å²) in [4.78, 5) is 21.0. The number of hydrogen-bond acceptors (Lipinski definition) is 5. The molecule has 0 saturated carbocycles. The van der Waals surface area contributed by atoms with Crippen molar-refractivity contribution < 1.29 is 4.39 Å². The van der Waals surface area contributed by atoms with E-state index in [1.54, 1.807) is 16.6 Å². The van der Waals surface area contributed by atoms with Crippen LogP contribution in [0, 0.1) is 12.7 Å². The van der Waals surface area contributed by atoms with Crippen molar-refractivity contribution in [3.8, 4) is 22.6 Å². The Morgan fingerprint density at radius 2 is 2.03 bits per heavy atom. The second-order valence-corrected chi connectivity index (χ2v) is 7.29. The van der Waals surface area contributed by atoms with Gasteiger partial charge in [-0.15, -0.1) is 0 Å². The van der Waals surface area contributed by atoms with Crippen LogP contribution in [0.15, 0.2) is 66.0 Å². The van der Waals surface area contributed by atoms with Crippen LogP contribution in [-0.4, -0.2) is 35.8 Å². The minimum Gasteiger partial charge on any atom is -0.320 e. The molecule has 5 rings (SSSR count). The summed E-state index contributed by atoms with van der Waals surface area (Å²) in [5.74, 6) is -0.134.